The van der Waals surface area contributed by atoms with E-state index in [1.165, 1.54) is 11.4 Å². The van der Waals surface area contributed by atoms with Crippen LogP contribution in [-0.4, -0.2) is 111 Å². The summed E-state index contributed by atoms with van der Waals surface area (Å²) in [5.41, 5.74) is 1.13. The van der Waals surface area contributed by atoms with Gasteiger partial charge in [0.05, 0.1) is 43.7 Å². The number of aliphatic hydroxyl groups excluding tert-OH is 1. The number of fused-ring (bicyclic) bond motifs is 1. The monoisotopic (exact) mass is 602 g/mol. The molecule has 2 heterocycles. The van der Waals surface area contributed by atoms with Crippen LogP contribution < -0.4 is 10.1 Å². The summed E-state index contributed by atoms with van der Waals surface area (Å²) in [7, 11) is -2.26. The number of aliphatic hydroxyl groups is 1. The van der Waals surface area contributed by atoms with Gasteiger partial charge in [0.1, 0.15) is 11.9 Å². The highest BCUT2D eigenvalue weighted by atomic mass is 32.2. The molecule has 2 aromatic rings. The Morgan fingerprint density at radius 1 is 1.17 bits per heavy atom. The zero-order valence-corrected chi connectivity index (χ0v) is 25.4. The van der Waals surface area contributed by atoms with Crippen molar-refractivity contribution < 1.29 is 32.6 Å². The van der Waals surface area contributed by atoms with Gasteiger partial charge in [-0.2, -0.15) is 4.31 Å². The van der Waals surface area contributed by atoms with Crippen LogP contribution >= 0.6 is 0 Å². The maximum absolute atomic E-state index is 13.5. The van der Waals surface area contributed by atoms with E-state index in [9.17, 15) is 23.1 Å². The fourth-order valence-corrected chi connectivity index (χ4v) is 6.36. The third-order valence-corrected chi connectivity index (χ3v) is 9.69. The van der Waals surface area contributed by atoms with E-state index in [0.29, 0.717) is 43.2 Å². The highest BCUT2D eigenvalue weighted by molar-refractivity contribution is 7.89. The number of hydrogen-bond donors (Lipinski definition) is 2. The maximum atomic E-state index is 13.5. The number of benzene rings is 2. The molecule has 1 fully saturated rings. The summed E-state index contributed by atoms with van der Waals surface area (Å²) in [6, 6.07) is 13.0. The molecule has 0 saturated carbocycles. The molecule has 230 valence electrons. The molecule has 0 radical (unpaired) electrons. The lowest BCUT2D eigenvalue weighted by Crippen LogP contribution is -2.48. The number of hydrogen-bond acceptors (Lipinski definition) is 8. The molecule has 0 aliphatic carbocycles. The fraction of sp³-hybridized carbons (Fsp3) is 0.533. The third-order valence-electron chi connectivity index (χ3n) is 7.85. The maximum Gasteiger partial charge on any atom is 0.242 e. The van der Waals surface area contributed by atoms with Gasteiger partial charge in [-0.05, 0) is 37.3 Å². The molecular formula is C30H42N4O7S. The van der Waals surface area contributed by atoms with Crippen molar-refractivity contribution in [2.45, 2.75) is 43.7 Å². The summed E-state index contributed by atoms with van der Waals surface area (Å²) >= 11 is 0. The molecule has 12 heteroatoms. The van der Waals surface area contributed by atoms with E-state index in [1.807, 2.05) is 6.92 Å². The summed E-state index contributed by atoms with van der Waals surface area (Å²) in [6.45, 7) is 7.37. The van der Waals surface area contributed by atoms with Gasteiger partial charge in [-0.1, -0.05) is 25.1 Å². The van der Waals surface area contributed by atoms with Gasteiger partial charge in [0.25, 0.3) is 0 Å². The lowest BCUT2D eigenvalue weighted by molar-refractivity contribution is -0.134. The third kappa shape index (κ3) is 8.07. The number of nitrogens with zero attached hydrogens (tertiary/aromatic N) is 3. The molecular weight excluding hydrogens is 560 g/mol. The van der Waals surface area contributed by atoms with Crippen LogP contribution in [0, 0.1) is 5.92 Å². The Kier molecular flexibility index (Phi) is 11.0. The van der Waals surface area contributed by atoms with Crippen molar-refractivity contribution in [2.75, 3.05) is 64.9 Å². The molecule has 0 aromatic heterocycles. The van der Waals surface area contributed by atoms with Crippen molar-refractivity contribution in [3.63, 3.8) is 0 Å². The molecule has 1 saturated heterocycles. The molecule has 3 atom stereocenters. The van der Waals surface area contributed by atoms with Gasteiger partial charge < -0.3 is 24.8 Å². The smallest absolute Gasteiger partial charge is 0.242 e. The standard InChI is InChI=1S/C30H42N4O7S/c1-22-19-34(23(2)21-35)30(37)18-24-17-25(31-29(36)11-12-33-13-15-40-16-14-33)9-10-27(24)41-28(22)20-32(3)42(38,39)26-7-5-4-6-8-26/h4-10,17,22-23,28,35H,11-16,18-21H2,1-3H3,(H,31,36)/t22-,23+,28-/m0/s1. The summed E-state index contributed by atoms with van der Waals surface area (Å²) in [5, 5.41) is 12.8. The van der Waals surface area contributed by atoms with Gasteiger partial charge in [0.15, 0.2) is 0 Å². The first-order valence-corrected chi connectivity index (χ1v) is 15.8. The second-order valence-corrected chi connectivity index (χ2v) is 13.1. The Balaban J connectivity index is 1.56. The molecule has 11 nitrogen and oxygen atoms in total. The number of anilines is 1. The predicted molar refractivity (Wildman–Crippen MR) is 159 cm³/mol. The SMILES string of the molecule is C[C@H](CO)N1C[C@H](C)[C@H](CN(C)S(=O)(=O)c2ccccc2)Oc2ccc(NC(=O)CCN3CCOCC3)cc2CC1=O. The number of rotatable bonds is 10. The molecule has 0 bridgehead atoms. The first-order chi connectivity index (χ1) is 20.1. The molecule has 0 unspecified atom stereocenters. The van der Waals surface area contributed by atoms with E-state index in [-0.39, 0.29) is 48.7 Å². The predicted octanol–water partition coefficient (Wildman–Crippen LogP) is 1.82. The summed E-state index contributed by atoms with van der Waals surface area (Å²) in [6.07, 6.45) is -0.259. The lowest BCUT2D eigenvalue weighted by atomic mass is 10.0. The number of nitrogens with one attached hydrogen (secondary N) is 1. The Hall–Kier alpha value is -3.03. The quantitative estimate of drug-likeness (QED) is 0.422. The van der Waals surface area contributed by atoms with Crippen LogP contribution in [0.5, 0.6) is 5.75 Å². The van der Waals surface area contributed by atoms with Crippen molar-refractivity contribution >= 4 is 27.5 Å². The minimum absolute atomic E-state index is 0.00869. The van der Waals surface area contributed by atoms with Crippen molar-refractivity contribution in [1.82, 2.24) is 14.1 Å². The van der Waals surface area contributed by atoms with E-state index < -0.39 is 22.2 Å². The zero-order valence-electron chi connectivity index (χ0n) is 24.6. The first kappa shape index (κ1) is 31.9. The zero-order chi connectivity index (χ0) is 30.3. The van der Waals surface area contributed by atoms with E-state index in [0.717, 1.165) is 13.1 Å². The minimum Gasteiger partial charge on any atom is -0.488 e. The number of ether oxygens (including phenoxy) is 2. The highest BCUT2D eigenvalue weighted by Crippen LogP contribution is 2.30. The second-order valence-electron chi connectivity index (χ2n) is 11.1. The van der Waals surface area contributed by atoms with Crippen LogP contribution in [-0.2, 0) is 30.8 Å². The molecule has 42 heavy (non-hydrogen) atoms. The average molecular weight is 603 g/mol. The van der Waals surface area contributed by atoms with E-state index in [2.05, 4.69) is 10.2 Å². The van der Waals surface area contributed by atoms with Crippen LogP contribution in [0.1, 0.15) is 25.8 Å². The first-order valence-electron chi connectivity index (χ1n) is 14.4. The topological polar surface area (TPSA) is 129 Å². The van der Waals surface area contributed by atoms with E-state index in [1.54, 1.807) is 60.4 Å². The second kappa shape index (κ2) is 14.4. The van der Waals surface area contributed by atoms with Crippen molar-refractivity contribution in [3.8, 4) is 5.75 Å². The molecule has 2 aliphatic rings. The highest BCUT2D eigenvalue weighted by Gasteiger charge is 2.33. The van der Waals surface area contributed by atoms with Crippen LogP contribution in [0.2, 0.25) is 0 Å². The number of sulfonamides is 1. The van der Waals surface area contributed by atoms with E-state index in [4.69, 9.17) is 9.47 Å². The summed E-state index contributed by atoms with van der Waals surface area (Å²) in [5.74, 6) is -0.126. The Labute approximate surface area is 248 Å². The Morgan fingerprint density at radius 2 is 1.88 bits per heavy atom. The minimum atomic E-state index is -3.77. The number of likely N-dealkylation sites (N-methyl/N-ethyl adjacent to an activating group) is 1. The van der Waals surface area contributed by atoms with Crippen LogP contribution in [0.3, 0.4) is 0 Å². The number of carbonyl (C=O) groups excluding carboxylic acids is 2. The summed E-state index contributed by atoms with van der Waals surface area (Å²) < 4.78 is 39.6. The molecule has 4 rings (SSSR count). The van der Waals surface area contributed by atoms with Crippen LogP contribution in [0.25, 0.3) is 0 Å². The van der Waals surface area contributed by atoms with Gasteiger partial charge in [-0.3, -0.25) is 14.5 Å². The van der Waals surface area contributed by atoms with Gasteiger partial charge in [0, 0.05) is 56.8 Å². The fourth-order valence-electron chi connectivity index (χ4n) is 5.16. The van der Waals surface area contributed by atoms with Crippen LogP contribution in [0.15, 0.2) is 53.4 Å². The lowest BCUT2D eigenvalue weighted by Gasteiger charge is -2.33. The molecule has 2 aromatic carbocycles. The van der Waals surface area contributed by atoms with Gasteiger partial charge in [-0.15, -0.1) is 0 Å². The summed E-state index contributed by atoms with van der Waals surface area (Å²) in [4.78, 5) is 30.2. The van der Waals surface area contributed by atoms with Crippen molar-refractivity contribution in [1.29, 1.82) is 0 Å². The Bertz CT molecular complexity index is 1320. The average Bonchev–Trinajstić information content (AvgIpc) is 3.04. The number of morpholine rings is 1. The van der Waals surface area contributed by atoms with Crippen molar-refractivity contribution in [3.05, 3.63) is 54.1 Å². The van der Waals surface area contributed by atoms with E-state index >= 15 is 0 Å². The molecule has 2 N–H and O–H groups in total. The molecule has 2 amide bonds. The Morgan fingerprint density at radius 3 is 2.57 bits per heavy atom. The molecule has 2 aliphatic heterocycles. The van der Waals surface area contributed by atoms with Crippen molar-refractivity contribution in [2.24, 2.45) is 5.92 Å². The number of amides is 2. The van der Waals surface area contributed by atoms with Gasteiger partial charge >= 0.3 is 0 Å². The van der Waals surface area contributed by atoms with Crippen LogP contribution in [0.4, 0.5) is 5.69 Å². The van der Waals surface area contributed by atoms with Gasteiger partial charge in [-0.25, -0.2) is 8.42 Å². The molecule has 0 spiro atoms. The normalized spacial score (nSPS) is 21.1. The number of carbonyl (C=O) groups is 2. The van der Waals surface area contributed by atoms with Gasteiger partial charge in [0.2, 0.25) is 21.8 Å². The largest absolute Gasteiger partial charge is 0.488 e.